The zero-order valence-electron chi connectivity index (χ0n) is 18.2. The number of hydroxylamine groups is 2. The monoisotopic (exact) mass is 375 g/mol. The minimum atomic E-state index is -0.833. The van der Waals surface area contributed by atoms with Crippen LogP contribution in [-0.2, 0) is 9.63 Å². The highest BCUT2D eigenvalue weighted by atomic mass is 16.7. The van der Waals surface area contributed by atoms with Gasteiger partial charge in [0.1, 0.15) is 0 Å². The first-order valence-corrected chi connectivity index (χ1v) is 9.30. The van der Waals surface area contributed by atoms with Gasteiger partial charge in [-0.1, -0.05) is 0 Å². The van der Waals surface area contributed by atoms with Crippen LogP contribution in [0.3, 0.4) is 0 Å². The summed E-state index contributed by atoms with van der Waals surface area (Å²) in [4.78, 5) is 17.2. The summed E-state index contributed by atoms with van der Waals surface area (Å²) in [6, 6.07) is 0.493. The number of nitrogens with zero attached hydrogens (tertiary/aromatic N) is 2. The zero-order valence-corrected chi connectivity index (χ0v) is 18.2. The Bertz CT molecular complexity index is 409. The van der Waals surface area contributed by atoms with Crippen LogP contribution in [0.25, 0.3) is 0 Å². The van der Waals surface area contributed by atoms with Gasteiger partial charge in [-0.25, -0.2) is 0 Å². The predicted octanol–water partition coefficient (Wildman–Crippen LogP) is 1.95. The van der Waals surface area contributed by atoms with Crippen molar-refractivity contribution in [2.24, 2.45) is 0 Å². The number of hydrogen-bond acceptors (Lipinski definition) is 6. The molecular formula is C19H41N3O4. The van der Waals surface area contributed by atoms with E-state index in [2.05, 4.69) is 57.1 Å². The maximum Gasteiger partial charge on any atom is 0.300 e. The summed E-state index contributed by atoms with van der Waals surface area (Å²) in [7, 11) is 4.20. The van der Waals surface area contributed by atoms with Crippen LogP contribution in [0, 0.1) is 0 Å². The summed E-state index contributed by atoms with van der Waals surface area (Å²) in [5, 5.41) is 23.1. The minimum absolute atomic E-state index is 0.0667. The molecule has 1 aliphatic heterocycles. The number of rotatable bonds is 7. The average molecular weight is 376 g/mol. The quantitative estimate of drug-likeness (QED) is 0.627. The summed E-state index contributed by atoms with van der Waals surface area (Å²) in [5.74, 6) is -0.833. The van der Waals surface area contributed by atoms with Crippen LogP contribution in [0.5, 0.6) is 0 Å². The van der Waals surface area contributed by atoms with E-state index in [9.17, 15) is 5.11 Å². The Balaban J connectivity index is 0.00000141. The van der Waals surface area contributed by atoms with Crippen molar-refractivity contribution >= 4 is 5.97 Å². The van der Waals surface area contributed by atoms with Crippen molar-refractivity contribution in [2.75, 3.05) is 33.8 Å². The number of nitrogens with one attached hydrogen (secondary N) is 1. The van der Waals surface area contributed by atoms with Crippen molar-refractivity contribution in [1.29, 1.82) is 0 Å². The first-order valence-electron chi connectivity index (χ1n) is 9.30. The molecule has 1 aliphatic rings. The van der Waals surface area contributed by atoms with Crippen molar-refractivity contribution in [2.45, 2.75) is 84.0 Å². The molecular weight excluding hydrogens is 334 g/mol. The van der Waals surface area contributed by atoms with E-state index in [-0.39, 0.29) is 11.1 Å². The molecule has 156 valence electrons. The maximum absolute atomic E-state index is 9.94. The van der Waals surface area contributed by atoms with Crippen molar-refractivity contribution in [3.63, 3.8) is 0 Å². The Morgan fingerprint density at radius 2 is 1.65 bits per heavy atom. The molecule has 0 spiro atoms. The van der Waals surface area contributed by atoms with Crippen LogP contribution < -0.4 is 5.32 Å². The number of aliphatic hydroxyl groups is 1. The molecule has 1 heterocycles. The van der Waals surface area contributed by atoms with Crippen LogP contribution in [0.1, 0.15) is 61.3 Å². The molecule has 7 heteroatoms. The first kappa shape index (κ1) is 25.3. The number of carboxylic acids is 1. The molecule has 0 aliphatic carbocycles. The van der Waals surface area contributed by atoms with Crippen molar-refractivity contribution < 1.29 is 19.8 Å². The van der Waals surface area contributed by atoms with Gasteiger partial charge in [-0.15, -0.1) is 0 Å². The summed E-state index contributed by atoms with van der Waals surface area (Å²) in [5.41, 5.74) is -0.946. The second-order valence-corrected chi connectivity index (χ2v) is 9.39. The Hall–Kier alpha value is -0.730. The molecule has 1 saturated heterocycles. The fourth-order valence-electron chi connectivity index (χ4n) is 3.47. The maximum atomic E-state index is 9.94. The van der Waals surface area contributed by atoms with Gasteiger partial charge < -0.3 is 20.4 Å². The minimum Gasteiger partial charge on any atom is -0.481 e. The van der Waals surface area contributed by atoms with Gasteiger partial charge in [-0.3, -0.25) is 9.63 Å². The second kappa shape index (κ2) is 9.99. The van der Waals surface area contributed by atoms with Crippen molar-refractivity contribution in [3.05, 3.63) is 0 Å². The number of piperidine rings is 1. The van der Waals surface area contributed by atoms with Gasteiger partial charge in [-0.2, -0.15) is 5.06 Å². The molecule has 0 amide bonds. The van der Waals surface area contributed by atoms with E-state index in [0.29, 0.717) is 12.6 Å². The predicted molar refractivity (Wildman–Crippen MR) is 105 cm³/mol. The van der Waals surface area contributed by atoms with E-state index < -0.39 is 11.6 Å². The number of hydrogen-bond donors (Lipinski definition) is 3. The number of carbonyl (C=O) groups is 1. The lowest BCUT2D eigenvalue weighted by molar-refractivity contribution is -0.299. The van der Waals surface area contributed by atoms with Crippen LogP contribution in [0.15, 0.2) is 0 Å². The third kappa shape index (κ3) is 10.4. The number of aliphatic carboxylic acids is 1. The Morgan fingerprint density at radius 1 is 1.23 bits per heavy atom. The fraction of sp³-hybridized carbons (Fsp3) is 0.947. The highest BCUT2D eigenvalue weighted by molar-refractivity contribution is 5.62. The Morgan fingerprint density at radius 3 is 2.00 bits per heavy atom. The molecule has 0 aromatic carbocycles. The van der Waals surface area contributed by atoms with E-state index >= 15 is 0 Å². The molecule has 0 aromatic rings. The Kier molecular flexibility index (Phi) is 9.71. The van der Waals surface area contributed by atoms with Gasteiger partial charge in [0, 0.05) is 37.1 Å². The smallest absolute Gasteiger partial charge is 0.300 e. The molecule has 0 aromatic heterocycles. The molecule has 0 radical (unpaired) electrons. The first-order chi connectivity index (χ1) is 11.6. The third-order valence-corrected chi connectivity index (χ3v) is 4.13. The molecule has 3 N–H and O–H groups in total. The summed E-state index contributed by atoms with van der Waals surface area (Å²) >= 11 is 0. The van der Waals surface area contributed by atoms with Gasteiger partial charge >= 0.3 is 0 Å². The lowest BCUT2D eigenvalue weighted by atomic mass is 9.79. The second-order valence-electron chi connectivity index (χ2n) is 9.39. The summed E-state index contributed by atoms with van der Waals surface area (Å²) < 4.78 is 0. The summed E-state index contributed by atoms with van der Waals surface area (Å²) in [6.45, 7) is 15.9. The number of likely N-dealkylation sites (N-methyl/N-ethyl adjacent to an activating group) is 1. The van der Waals surface area contributed by atoms with E-state index in [1.807, 2.05) is 0 Å². The van der Waals surface area contributed by atoms with E-state index in [1.54, 1.807) is 13.8 Å². The van der Waals surface area contributed by atoms with Gasteiger partial charge in [0.2, 0.25) is 0 Å². The van der Waals surface area contributed by atoms with Gasteiger partial charge in [-0.05, 0) is 68.5 Å². The topological polar surface area (TPSA) is 85.3 Å². The molecule has 26 heavy (non-hydrogen) atoms. The molecule has 1 rings (SSSR count). The highest BCUT2D eigenvalue weighted by Gasteiger charge is 2.46. The molecule has 1 fully saturated rings. The molecule has 0 saturated carbocycles. The third-order valence-electron chi connectivity index (χ3n) is 4.13. The molecule has 0 bridgehead atoms. The largest absolute Gasteiger partial charge is 0.481 e. The Labute approximate surface area is 159 Å². The van der Waals surface area contributed by atoms with Crippen LogP contribution in [-0.4, -0.2) is 82.7 Å². The van der Waals surface area contributed by atoms with Crippen molar-refractivity contribution in [3.8, 4) is 0 Å². The average Bonchev–Trinajstić information content (AvgIpc) is 2.32. The van der Waals surface area contributed by atoms with Crippen LogP contribution in [0.4, 0.5) is 0 Å². The highest BCUT2D eigenvalue weighted by Crippen LogP contribution is 2.38. The van der Waals surface area contributed by atoms with Crippen molar-refractivity contribution in [1.82, 2.24) is 15.3 Å². The van der Waals surface area contributed by atoms with Gasteiger partial charge in [0.15, 0.2) is 0 Å². The summed E-state index contributed by atoms with van der Waals surface area (Å²) in [6.07, 6.45) is 2.07. The van der Waals surface area contributed by atoms with E-state index in [1.165, 1.54) is 0 Å². The molecule has 0 atom stereocenters. The van der Waals surface area contributed by atoms with E-state index in [4.69, 9.17) is 14.7 Å². The number of carboxylic acid groups (broad SMARTS) is 1. The van der Waals surface area contributed by atoms with Gasteiger partial charge in [0.25, 0.3) is 5.97 Å². The zero-order chi connectivity index (χ0) is 20.8. The lowest BCUT2D eigenvalue weighted by Crippen LogP contribution is -2.64. The molecule has 0 unspecified atom stereocenters. The van der Waals surface area contributed by atoms with Gasteiger partial charge in [0.05, 0.1) is 12.2 Å². The SMILES string of the molecule is CC(=O)O.CN(C)CCNC1CC(C)(C)N(OCC(C)(C)O)C(C)(C)C1. The van der Waals surface area contributed by atoms with Crippen LogP contribution in [0.2, 0.25) is 0 Å². The molecule has 7 nitrogen and oxygen atoms in total. The van der Waals surface area contributed by atoms with Crippen LogP contribution >= 0.6 is 0 Å². The van der Waals surface area contributed by atoms with E-state index in [0.717, 1.165) is 32.9 Å². The fourth-order valence-corrected chi connectivity index (χ4v) is 3.47. The normalized spacial score (nSPS) is 20.6. The standard InChI is InChI=1S/C17H37N3O2.C2H4O2/c1-15(2)11-14(18-9-10-19(7)8)12-16(3,4)20(15)22-13-17(5,6)21;1-2(3)4/h14,18,21H,9-13H2,1-8H3;1H3,(H,3,4). The lowest BCUT2D eigenvalue weighted by Gasteiger charge is -2.54.